The van der Waals surface area contributed by atoms with Crippen molar-refractivity contribution < 1.29 is 0 Å². The molecule has 1 N–H and O–H groups in total. The van der Waals surface area contributed by atoms with Crippen LogP contribution in [0.25, 0.3) is 11.5 Å². The van der Waals surface area contributed by atoms with Crippen LogP contribution in [0.15, 0.2) is 30.7 Å². The summed E-state index contributed by atoms with van der Waals surface area (Å²) >= 11 is 0. The van der Waals surface area contributed by atoms with Crippen molar-refractivity contribution in [3.63, 3.8) is 0 Å². The number of nitrogens with one attached hydrogen (secondary N) is 1. The van der Waals surface area contributed by atoms with E-state index in [1.54, 1.807) is 6.20 Å². The Morgan fingerprint density at radius 1 is 1.35 bits per heavy atom. The molecule has 0 saturated carbocycles. The van der Waals surface area contributed by atoms with Crippen LogP contribution in [0.3, 0.4) is 0 Å². The molecule has 17 heavy (non-hydrogen) atoms. The Morgan fingerprint density at radius 3 is 3.12 bits per heavy atom. The molecule has 0 bridgehead atoms. The predicted molar refractivity (Wildman–Crippen MR) is 64.4 cm³/mol. The first-order valence-corrected chi connectivity index (χ1v) is 5.97. The molecule has 1 aliphatic heterocycles. The summed E-state index contributed by atoms with van der Waals surface area (Å²) in [6.45, 7) is 2.09. The molecule has 0 radical (unpaired) electrons. The van der Waals surface area contributed by atoms with Gasteiger partial charge in [0.05, 0.1) is 0 Å². The average Bonchev–Trinajstić information content (AvgIpc) is 2.90. The molecular formula is C12H15N5. The molecule has 2 aromatic rings. The Balaban J connectivity index is 1.93. The quantitative estimate of drug-likeness (QED) is 0.842. The molecule has 0 spiro atoms. The lowest BCUT2D eigenvalue weighted by Crippen LogP contribution is -2.31. The Kier molecular flexibility index (Phi) is 2.83. The number of piperidine rings is 1. The van der Waals surface area contributed by atoms with E-state index in [4.69, 9.17) is 0 Å². The minimum absolute atomic E-state index is 0.441. The van der Waals surface area contributed by atoms with Gasteiger partial charge in [-0.2, -0.15) is 0 Å². The summed E-state index contributed by atoms with van der Waals surface area (Å²) in [6.07, 6.45) is 5.96. The topological polar surface area (TPSA) is 55.6 Å². The molecule has 2 aromatic heterocycles. The SMILES string of the molecule is c1ccc(-c2nncn2C2CCCNC2)nc1. The molecule has 1 saturated heterocycles. The van der Waals surface area contributed by atoms with Crippen molar-refractivity contribution in [2.45, 2.75) is 18.9 Å². The highest BCUT2D eigenvalue weighted by molar-refractivity contribution is 5.48. The van der Waals surface area contributed by atoms with Gasteiger partial charge in [0.2, 0.25) is 0 Å². The standard InChI is InChI=1S/C12H15N5/c1-2-7-14-11(5-1)12-16-15-9-17(12)10-4-3-6-13-8-10/h1-2,5,7,9-10,13H,3-4,6,8H2. The van der Waals surface area contributed by atoms with Crippen LogP contribution in [0.4, 0.5) is 0 Å². The molecule has 0 aliphatic carbocycles. The molecule has 88 valence electrons. The third-order valence-electron chi connectivity index (χ3n) is 3.13. The molecule has 1 atom stereocenters. The Labute approximate surface area is 99.9 Å². The zero-order valence-electron chi connectivity index (χ0n) is 9.58. The summed E-state index contributed by atoms with van der Waals surface area (Å²) in [5.41, 5.74) is 0.885. The van der Waals surface area contributed by atoms with Crippen LogP contribution >= 0.6 is 0 Å². The van der Waals surface area contributed by atoms with E-state index in [2.05, 4.69) is 25.1 Å². The molecule has 1 fully saturated rings. The maximum Gasteiger partial charge on any atom is 0.182 e. The number of nitrogens with zero attached hydrogens (tertiary/aromatic N) is 4. The third kappa shape index (κ3) is 2.06. The van der Waals surface area contributed by atoms with E-state index in [-0.39, 0.29) is 0 Å². The highest BCUT2D eigenvalue weighted by Gasteiger charge is 2.19. The van der Waals surface area contributed by atoms with Crippen molar-refractivity contribution in [2.24, 2.45) is 0 Å². The molecule has 5 heteroatoms. The smallest absolute Gasteiger partial charge is 0.182 e. The largest absolute Gasteiger partial charge is 0.315 e. The van der Waals surface area contributed by atoms with Crippen molar-refractivity contribution in [1.29, 1.82) is 0 Å². The number of rotatable bonds is 2. The summed E-state index contributed by atoms with van der Waals surface area (Å²) in [7, 11) is 0. The van der Waals surface area contributed by atoms with Crippen molar-refractivity contribution in [1.82, 2.24) is 25.1 Å². The first-order chi connectivity index (χ1) is 8.45. The maximum atomic E-state index is 4.33. The fraction of sp³-hybridized carbons (Fsp3) is 0.417. The summed E-state index contributed by atoms with van der Waals surface area (Å²) in [4.78, 5) is 4.33. The second kappa shape index (κ2) is 4.63. The van der Waals surface area contributed by atoms with Crippen LogP contribution in [0, 0.1) is 0 Å². The van der Waals surface area contributed by atoms with Gasteiger partial charge in [0.1, 0.15) is 12.0 Å². The molecule has 1 unspecified atom stereocenters. The number of pyridine rings is 1. The van der Waals surface area contributed by atoms with E-state index in [1.165, 1.54) is 12.8 Å². The monoisotopic (exact) mass is 229 g/mol. The molecule has 0 amide bonds. The van der Waals surface area contributed by atoms with Crippen LogP contribution in [0.5, 0.6) is 0 Å². The van der Waals surface area contributed by atoms with E-state index < -0.39 is 0 Å². The number of aromatic nitrogens is 4. The van der Waals surface area contributed by atoms with Crippen molar-refractivity contribution in [3.8, 4) is 11.5 Å². The fourth-order valence-electron chi connectivity index (χ4n) is 2.26. The van der Waals surface area contributed by atoms with Gasteiger partial charge < -0.3 is 9.88 Å². The molecular weight excluding hydrogens is 214 g/mol. The van der Waals surface area contributed by atoms with Crippen LogP contribution in [-0.2, 0) is 0 Å². The lowest BCUT2D eigenvalue weighted by Gasteiger charge is -2.24. The lowest BCUT2D eigenvalue weighted by molar-refractivity contribution is 0.373. The second-order valence-corrected chi connectivity index (χ2v) is 4.28. The van der Waals surface area contributed by atoms with Gasteiger partial charge >= 0.3 is 0 Å². The Hall–Kier alpha value is -1.75. The maximum absolute atomic E-state index is 4.33. The van der Waals surface area contributed by atoms with E-state index in [0.717, 1.165) is 24.6 Å². The van der Waals surface area contributed by atoms with E-state index >= 15 is 0 Å². The van der Waals surface area contributed by atoms with E-state index in [1.807, 2.05) is 24.5 Å². The minimum Gasteiger partial charge on any atom is -0.315 e. The Morgan fingerprint density at radius 2 is 2.35 bits per heavy atom. The van der Waals surface area contributed by atoms with Gasteiger partial charge in [-0.25, -0.2) is 0 Å². The number of hydrogen-bond acceptors (Lipinski definition) is 4. The first kappa shape index (κ1) is 10.4. The van der Waals surface area contributed by atoms with Crippen LogP contribution in [-0.4, -0.2) is 32.8 Å². The van der Waals surface area contributed by atoms with Crippen molar-refractivity contribution in [2.75, 3.05) is 13.1 Å². The molecule has 3 heterocycles. The van der Waals surface area contributed by atoms with E-state index in [0.29, 0.717) is 6.04 Å². The lowest BCUT2D eigenvalue weighted by atomic mass is 10.1. The molecule has 1 aliphatic rings. The predicted octanol–water partition coefficient (Wildman–Crippen LogP) is 1.26. The van der Waals surface area contributed by atoms with Gasteiger partial charge in [0.25, 0.3) is 0 Å². The Bertz CT molecular complexity index is 473. The van der Waals surface area contributed by atoms with Crippen LogP contribution < -0.4 is 5.32 Å². The van der Waals surface area contributed by atoms with Gasteiger partial charge in [-0.3, -0.25) is 4.98 Å². The summed E-state index contributed by atoms with van der Waals surface area (Å²) < 4.78 is 2.13. The van der Waals surface area contributed by atoms with Gasteiger partial charge in [-0.15, -0.1) is 10.2 Å². The van der Waals surface area contributed by atoms with Crippen molar-refractivity contribution >= 4 is 0 Å². The van der Waals surface area contributed by atoms with E-state index in [9.17, 15) is 0 Å². The van der Waals surface area contributed by atoms with Crippen LogP contribution in [0.2, 0.25) is 0 Å². The molecule has 3 rings (SSSR count). The van der Waals surface area contributed by atoms with Gasteiger partial charge in [-0.05, 0) is 31.5 Å². The van der Waals surface area contributed by atoms with Gasteiger partial charge in [0.15, 0.2) is 5.82 Å². The summed E-state index contributed by atoms with van der Waals surface area (Å²) in [5.74, 6) is 0.860. The van der Waals surface area contributed by atoms with Crippen LogP contribution in [0.1, 0.15) is 18.9 Å². The minimum atomic E-state index is 0.441. The third-order valence-corrected chi connectivity index (χ3v) is 3.13. The molecule has 0 aromatic carbocycles. The number of hydrogen-bond donors (Lipinski definition) is 1. The normalized spacial score (nSPS) is 20.4. The zero-order chi connectivity index (χ0) is 11.5. The van der Waals surface area contributed by atoms with Crippen molar-refractivity contribution in [3.05, 3.63) is 30.7 Å². The first-order valence-electron chi connectivity index (χ1n) is 5.97. The zero-order valence-corrected chi connectivity index (χ0v) is 9.58. The summed E-state index contributed by atoms with van der Waals surface area (Å²) in [6, 6.07) is 6.29. The van der Waals surface area contributed by atoms with Gasteiger partial charge in [0, 0.05) is 18.8 Å². The summed E-state index contributed by atoms with van der Waals surface area (Å²) in [5, 5.41) is 11.6. The van der Waals surface area contributed by atoms with Gasteiger partial charge in [-0.1, -0.05) is 6.07 Å². The second-order valence-electron chi connectivity index (χ2n) is 4.28. The fourth-order valence-corrected chi connectivity index (χ4v) is 2.26. The highest BCUT2D eigenvalue weighted by Crippen LogP contribution is 2.22. The average molecular weight is 229 g/mol. The molecule has 5 nitrogen and oxygen atoms in total. The highest BCUT2D eigenvalue weighted by atomic mass is 15.3.